The molecule has 2 N–H and O–H groups in total. The van der Waals surface area contributed by atoms with Crippen molar-refractivity contribution < 1.29 is 24.2 Å². The molecule has 1 atom stereocenters. The summed E-state index contributed by atoms with van der Waals surface area (Å²) in [4.78, 5) is 24.8. The van der Waals surface area contributed by atoms with Crippen LogP contribution in [0.25, 0.3) is 0 Å². The molecule has 0 spiro atoms. The minimum Gasteiger partial charge on any atom is -0.496 e. The molecule has 7 nitrogen and oxygen atoms in total. The third kappa shape index (κ3) is 3.10. The zero-order chi connectivity index (χ0) is 16.4. The number of likely N-dealkylation sites (tertiary alicyclic amines) is 1. The highest BCUT2D eigenvalue weighted by atomic mass is 16.5. The van der Waals surface area contributed by atoms with Gasteiger partial charge in [-0.3, -0.25) is 9.69 Å². The number of nitrogens with zero attached hydrogens (tertiary/aromatic N) is 1. The van der Waals surface area contributed by atoms with Crippen molar-refractivity contribution in [1.82, 2.24) is 10.2 Å². The highest BCUT2D eigenvalue weighted by molar-refractivity contribution is 6.03. The monoisotopic (exact) mass is 320 g/mol. The molecule has 1 amide bonds. The van der Waals surface area contributed by atoms with Crippen molar-refractivity contribution in [2.24, 2.45) is 0 Å². The molecule has 1 aromatic rings. The van der Waals surface area contributed by atoms with Crippen LogP contribution < -0.4 is 14.8 Å². The van der Waals surface area contributed by atoms with Gasteiger partial charge in [0.2, 0.25) is 5.78 Å². The van der Waals surface area contributed by atoms with Gasteiger partial charge in [0.15, 0.2) is 6.61 Å². The third-order valence-electron chi connectivity index (χ3n) is 4.43. The zero-order valence-electron chi connectivity index (χ0n) is 13.0. The lowest BCUT2D eigenvalue weighted by molar-refractivity contribution is 0.0960. The summed E-state index contributed by atoms with van der Waals surface area (Å²) in [5.74, 6) is 1.27. The van der Waals surface area contributed by atoms with Gasteiger partial charge in [0.05, 0.1) is 18.2 Å². The molecule has 0 aliphatic carbocycles. The van der Waals surface area contributed by atoms with Crippen LogP contribution in [0.3, 0.4) is 0 Å². The van der Waals surface area contributed by atoms with E-state index in [1.807, 2.05) is 0 Å². The summed E-state index contributed by atoms with van der Waals surface area (Å²) >= 11 is 0. The summed E-state index contributed by atoms with van der Waals surface area (Å²) in [6.45, 7) is 1.92. The fourth-order valence-corrected chi connectivity index (χ4v) is 3.29. The van der Waals surface area contributed by atoms with Crippen LogP contribution in [0, 0.1) is 0 Å². The number of hydrogen-bond donors (Lipinski definition) is 2. The first kappa shape index (κ1) is 15.6. The van der Waals surface area contributed by atoms with Gasteiger partial charge in [-0.15, -0.1) is 0 Å². The first-order chi connectivity index (χ1) is 11.1. The van der Waals surface area contributed by atoms with E-state index in [-0.39, 0.29) is 18.4 Å². The number of methoxy groups -OCH3 is 1. The summed E-state index contributed by atoms with van der Waals surface area (Å²) in [5.41, 5.74) is 1.46. The summed E-state index contributed by atoms with van der Waals surface area (Å²) in [6, 6.07) is 3.67. The second-order valence-corrected chi connectivity index (χ2v) is 5.79. The van der Waals surface area contributed by atoms with Crippen LogP contribution in [0.1, 0.15) is 28.8 Å². The van der Waals surface area contributed by atoms with Crippen molar-refractivity contribution in [1.29, 1.82) is 0 Å². The molecule has 0 saturated carbocycles. The van der Waals surface area contributed by atoms with E-state index in [2.05, 4.69) is 10.2 Å². The fraction of sp³-hybridized carbons (Fsp3) is 0.500. The quantitative estimate of drug-likeness (QED) is 0.855. The molecule has 1 aromatic carbocycles. The fourth-order valence-electron chi connectivity index (χ4n) is 3.29. The number of hydrogen-bond acceptors (Lipinski definition) is 5. The third-order valence-corrected chi connectivity index (χ3v) is 4.43. The maximum absolute atomic E-state index is 11.8. The lowest BCUT2D eigenvalue weighted by Gasteiger charge is -2.25. The van der Waals surface area contributed by atoms with E-state index in [1.165, 1.54) is 0 Å². The second kappa shape index (κ2) is 6.45. The number of Topliss-reactive ketones (excluding diaryl/α,β-unsaturated/α-hetero) is 1. The molecule has 0 aromatic heterocycles. The number of rotatable bonds is 5. The van der Waals surface area contributed by atoms with Crippen molar-refractivity contribution in [2.75, 3.05) is 26.8 Å². The van der Waals surface area contributed by atoms with Gasteiger partial charge in [0.25, 0.3) is 0 Å². The Morgan fingerprint density at radius 3 is 3.09 bits per heavy atom. The number of amides is 1. The van der Waals surface area contributed by atoms with Crippen LogP contribution in [0.2, 0.25) is 0 Å². The first-order valence-corrected chi connectivity index (χ1v) is 7.67. The number of nitrogens with one attached hydrogen (secondary N) is 1. The van der Waals surface area contributed by atoms with E-state index in [0.29, 0.717) is 30.2 Å². The first-order valence-electron chi connectivity index (χ1n) is 7.67. The lowest BCUT2D eigenvalue weighted by atomic mass is 10.1. The Morgan fingerprint density at radius 2 is 2.35 bits per heavy atom. The standard InChI is InChI=1S/C16H20N2O5/c1-22-14-5-4-11-13(19)9-23-15(11)12(14)8-18-6-2-3-10(18)7-17-16(20)21/h4-5,10,17H,2-3,6-9H2,1H3,(H,20,21). The number of fused-ring (bicyclic) bond motifs is 1. The molecule has 124 valence electrons. The number of ether oxygens (including phenoxy) is 2. The van der Waals surface area contributed by atoms with Crippen molar-refractivity contribution in [3.8, 4) is 11.5 Å². The van der Waals surface area contributed by atoms with E-state index in [9.17, 15) is 9.59 Å². The van der Waals surface area contributed by atoms with E-state index >= 15 is 0 Å². The van der Waals surface area contributed by atoms with Crippen LogP contribution in [0.5, 0.6) is 11.5 Å². The largest absolute Gasteiger partial charge is 0.496 e. The normalized spacial score (nSPS) is 20.2. The van der Waals surface area contributed by atoms with E-state index in [0.717, 1.165) is 24.9 Å². The smallest absolute Gasteiger partial charge is 0.404 e. The van der Waals surface area contributed by atoms with Gasteiger partial charge >= 0.3 is 6.09 Å². The SMILES string of the molecule is COc1ccc2c(c1CN1CCCC1CNC(=O)O)OCC2=O. The number of carboxylic acid groups (broad SMARTS) is 1. The van der Waals surface area contributed by atoms with Crippen LogP contribution in [0.15, 0.2) is 12.1 Å². The molecule has 2 aliphatic heterocycles. The molecular weight excluding hydrogens is 300 g/mol. The van der Waals surface area contributed by atoms with Gasteiger partial charge in [-0.05, 0) is 31.5 Å². The number of ketones is 1. The molecule has 0 radical (unpaired) electrons. The summed E-state index contributed by atoms with van der Waals surface area (Å²) < 4.78 is 11.0. The van der Waals surface area contributed by atoms with Crippen LogP contribution in [0.4, 0.5) is 4.79 Å². The highest BCUT2D eigenvalue weighted by Crippen LogP contribution is 2.37. The van der Waals surface area contributed by atoms with Crippen LogP contribution in [-0.2, 0) is 6.54 Å². The molecule has 1 saturated heterocycles. The molecule has 1 fully saturated rings. The molecule has 7 heteroatoms. The maximum Gasteiger partial charge on any atom is 0.404 e. The molecular formula is C16H20N2O5. The molecule has 0 bridgehead atoms. The Hall–Kier alpha value is -2.28. The molecule has 2 heterocycles. The van der Waals surface area contributed by atoms with Gasteiger partial charge in [0.1, 0.15) is 11.5 Å². The Kier molecular flexibility index (Phi) is 4.38. The van der Waals surface area contributed by atoms with E-state index < -0.39 is 6.09 Å². The van der Waals surface area contributed by atoms with Crippen LogP contribution in [-0.4, -0.2) is 54.7 Å². The highest BCUT2D eigenvalue weighted by Gasteiger charge is 2.31. The van der Waals surface area contributed by atoms with Crippen LogP contribution >= 0.6 is 0 Å². The Balaban J connectivity index is 1.82. The molecule has 23 heavy (non-hydrogen) atoms. The minimum atomic E-state index is -1.01. The van der Waals surface area contributed by atoms with Gasteiger partial charge in [-0.1, -0.05) is 0 Å². The maximum atomic E-state index is 11.8. The average Bonchev–Trinajstić information content (AvgIpc) is 3.13. The summed E-state index contributed by atoms with van der Waals surface area (Å²) in [6.07, 6.45) is 0.949. The zero-order valence-corrected chi connectivity index (χ0v) is 13.0. The van der Waals surface area contributed by atoms with Crippen molar-refractivity contribution in [3.05, 3.63) is 23.3 Å². The van der Waals surface area contributed by atoms with Gasteiger partial charge in [-0.2, -0.15) is 0 Å². The lowest BCUT2D eigenvalue weighted by Crippen LogP contribution is -2.39. The second-order valence-electron chi connectivity index (χ2n) is 5.79. The number of carbonyl (C=O) groups excluding carboxylic acids is 1. The predicted octanol–water partition coefficient (Wildman–Crippen LogP) is 1.50. The minimum absolute atomic E-state index is 0.0191. The number of carbonyl (C=O) groups is 2. The van der Waals surface area contributed by atoms with Gasteiger partial charge in [0, 0.05) is 19.1 Å². The van der Waals surface area contributed by atoms with Crippen molar-refractivity contribution in [3.63, 3.8) is 0 Å². The van der Waals surface area contributed by atoms with Gasteiger partial charge < -0.3 is 19.9 Å². The van der Waals surface area contributed by atoms with Crippen molar-refractivity contribution in [2.45, 2.75) is 25.4 Å². The van der Waals surface area contributed by atoms with E-state index in [4.69, 9.17) is 14.6 Å². The Bertz CT molecular complexity index is 631. The van der Waals surface area contributed by atoms with Gasteiger partial charge in [-0.25, -0.2) is 4.79 Å². The summed E-state index contributed by atoms with van der Waals surface area (Å²) in [5, 5.41) is 11.2. The average molecular weight is 320 g/mol. The van der Waals surface area contributed by atoms with Crippen molar-refractivity contribution >= 4 is 11.9 Å². The van der Waals surface area contributed by atoms with E-state index in [1.54, 1.807) is 19.2 Å². The molecule has 2 aliphatic rings. The molecule has 1 unspecified atom stereocenters. The Morgan fingerprint density at radius 1 is 1.52 bits per heavy atom. The number of benzene rings is 1. The topological polar surface area (TPSA) is 88.1 Å². The predicted molar refractivity (Wildman–Crippen MR) is 82.3 cm³/mol. The molecule has 3 rings (SSSR count). The summed E-state index contributed by atoms with van der Waals surface area (Å²) in [7, 11) is 1.59. The Labute approximate surface area is 134 Å².